The highest BCUT2D eigenvalue weighted by Crippen LogP contribution is 2.14. The molecule has 4 heteroatoms. The highest BCUT2D eigenvalue weighted by Gasteiger charge is 2.36. The molecule has 1 aliphatic heterocycles. The Morgan fingerprint density at radius 1 is 1.62 bits per heavy atom. The van der Waals surface area contributed by atoms with Crippen molar-refractivity contribution in [3.05, 3.63) is 0 Å². The molecule has 2 N–H and O–H groups in total. The van der Waals surface area contributed by atoms with Crippen LogP contribution in [0.2, 0.25) is 0 Å². The summed E-state index contributed by atoms with van der Waals surface area (Å²) in [7, 11) is 0. The number of hydrogen-bond acceptors (Lipinski definition) is 2. The number of nitrogens with one attached hydrogen (secondary N) is 2. The molecule has 1 aliphatic rings. The van der Waals surface area contributed by atoms with E-state index in [1.165, 1.54) is 0 Å². The second kappa shape index (κ2) is 4.05. The van der Waals surface area contributed by atoms with Crippen LogP contribution in [0.25, 0.3) is 0 Å². The van der Waals surface area contributed by atoms with Gasteiger partial charge in [0, 0.05) is 19.5 Å². The Morgan fingerprint density at radius 2 is 2.23 bits per heavy atom. The Morgan fingerprint density at radius 3 is 2.62 bits per heavy atom. The molecule has 0 unspecified atom stereocenters. The van der Waals surface area contributed by atoms with Crippen LogP contribution in [0.5, 0.6) is 0 Å². The van der Waals surface area contributed by atoms with Crippen LogP contribution in [-0.2, 0) is 4.79 Å². The van der Waals surface area contributed by atoms with E-state index in [0.29, 0.717) is 25.4 Å². The van der Waals surface area contributed by atoms with Crippen molar-refractivity contribution in [1.82, 2.24) is 10.6 Å². The summed E-state index contributed by atoms with van der Waals surface area (Å²) in [5.41, 5.74) is -1.20. The smallest absolute Gasteiger partial charge is 0.220 e. The van der Waals surface area contributed by atoms with Gasteiger partial charge in [0.1, 0.15) is 0 Å². The lowest BCUT2D eigenvalue weighted by Gasteiger charge is -2.34. The number of amides is 1. The van der Waals surface area contributed by atoms with Crippen LogP contribution in [0.15, 0.2) is 0 Å². The first-order valence-electron chi connectivity index (χ1n) is 4.68. The highest BCUT2D eigenvalue weighted by molar-refractivity contribution is 5.76. The number of halogens is 1. The van der Waals surface area contributed by atoms with Gasteiger partial charge in [-0.25, -0.2) is 4.39 Å². The molecule has 0 radical (unpaired) electrons. The van der Waals surface area contributed by atoms with Crippen LogP contribution in [0.1, 0.15) is 20.3 Å². The maximum Gasteiger partial charge on any atom is 0.220 e. The Kier molecular flexibility index (Phi) is 3.25. The molecule has 0 bridgehead atoms. The minimum absolute atomic E-state index is 0.0566. The molecule has 0 atom stereocenters. The molecular weight excluding hydrogens is 171 g/mol. The Labute approximate surface area is 78.1 Å². The number of alkyl halides is 1. The number of rotatable bonds is 4. The van der Waals surface area contributed by atoms with Gasteiger partial charge in [0.2, 0.25) is 5.91 Å². The van der Waals surface area contributed by atoms with Crippen molar-refractivity contribution in [2.45, 2.75) is 25.9 Å². The molecule has 0 aromatic heterocycles. The molecule has 1 heterocycles. The van der Waals surface area contributed by atoms with Crippen molar-refractivity contribution in [2.24, 2.45) is 5.92 Å². The molecule has 0 saturated carbocycles. The third-order valence-corrected chi connectivity index (χ3v) is 2.08. The Bertz CT molecular complexity index is 190. The van der Waals surface area contributed by atoms with Gasteiger partial charge in [0.25, 0.3) is 0 Å². The van der Waals surface area contributed by atoms with Crippen molar-refractivity contribution in [3.8, 4) is 0 Å². The van der Waals surface area contributed by atoms with E-state index in [9.17, 15) is 9.18 Å². The molecule has 0 aromatic carbocycles. The summed E-state index contributed by atoms with van der Waals surface area (Å²) in [6.45, 7) is 4.79. The largest absolute Gasteiger partial charge is 0.353 e. The lowest BCUT2D eigenvalue weighted by Crippen LogP contribution is -2.61. The summed E-state index contributed by atoms with van der Waals surface area (Å²) in [6, 6.07) is 0. The van der Waals surface area contributed by atoms with E-state index >= 15 is 0 Å². The van der Waals surface area contributed by atoms with Crippen molar-refractivity contribution in [2.75, 3.05) is 19.6 Å². The Hall–Kier alpha value is -0.640. The standard InChI is InChI=1S/C9H17FN2O/c1-7(2)3-8(13)12-6-9(10)4-11-5-9/h7,11H,3-6H2,1-2H3,(H,12,13). The Balaban J connectivity index is 2.14. The van der Waals surface area contributed by atoms with E-state index in [4.69, 9.17) is 0 Å². The zero-order valence-electron chi connectivity index (χ0n) is 8.19. The molecule has 1 amide bonds. The van der Waals surface area contributed by atoms with Gasteiger partial charge in [-0.2, -0.15) is 0 Å². The van der Waals surface area contributed by atoms with Crippen LogP contribution in [-0.4, -0.2) is 31.2 Å². The van der Waals surface area contributed by atoms with Crippen molar-refractivity contribution in [1.29, 1.82) is 0 Å². The fraction of sp³-hybridized carbons (Fsp3) is 0.889. The summed E-state index contributed by atoms with van der Waals surface area (Å²) in [5.74, 6) is 0.272. The summed E-state index contributed by atoms with van der Waals surface area (Å²) in [4.78, 5) is 11.1. The van der Waals surface area contributed by atoms with Gasteiger partial charge in [0.05, 0.1) is 6.54 Å². The van der Waals surface area contributed by atoms with Crippen molar-refractivity contribution >= 4 is 5.91 Å². The van der Waals surface area contributed by atoms with Gasteiger partial charge in [-0.1, -0.05) is 13.8 Å². The van der Waals surface area contributed by atoms with Gasteiger partial charge in [0.15, 0.2) is 5.67 Å². The molecule has 1 rings (SSSR count). The van der Waals surface area contributed by atoms with Crippen LogP contribution in [0.4, 0.5) is 4.39 Å². The van der Waals surface area contributed by atoms with Crippen LogP contribution in [0, 0.1) is 5.92 Å². The van der Waals surface area contributed by atoms with E-state index in [1.54, 1.807) is 0 Å². The first-order valence-corrected chi connectivity index (χ1v) is 4.68. The molecular formula is C9H17FN2O. The predicted octanol–water partition coefficient (Wildman–Crippen LogP) is 0.460. The maximum absolute atomic E-state index is 13.3. The second-order valence-corrected chi connectivity index (χ2v) is 4.13. The third-order valence-electron chi connectivity index (χ3n) is 2.08. The molecule has 0 aromatic rings. The van der Waals surface area contributed by atoms with E-state index in [-0.39, 0.29) is 12.5 Å². The predicted molar refractivity (Wildman–Crippen MR) is 49.2 cm³/mol. The van der Waals surface area contributed by atoms with Gasteiger partial charge < -0.3 is 10.6 Å². The first kappa shape index (κ1) is 10.4. The highest BCUT2D eigenvalue weighted by atomic mass is 19.1. The minimum Gasteiger partial charge on any atom is -0.353 e. The SMILES string of the molecule is CC(C)CC(=O)NCC1(F)CNC1. The number of hydrogen-bond donors (Lipinski definition) is 2. The fourth-order valence-electron chi connectivity index (χ4n) is 1.22. The average molecular weight is 188 g/mol. The quantitative estimate of drug-likeness (QED) is 0.673. The van der Waals surface area contributed by atoms with Crippen LogP contribution in [0.3, 0.4) is 0 Å². The van der Waals surface area contributed by atoms with Gasteiger partial charge in [-0.15, -0.1) is 0 Å². The van der Waals surface area contributed by atoms with E-state index < -0.39 is 5.67 Å². The van der Waals surface area contributed by atoms with Gasteiger partial charge in [-0.05, 0) is 5.92 Å². The van der Waals surface area contributed by atoms with Crippen LogP contribution >= 0.6 is 0 Å². The number of carbonyl (C=O) groups is 1. The number of carbonyl (C=O) groups excluding carboxylic acids is 1. The lowest BCUT2D eigenvalue weighted by atomic mass is 9.99. The molecule has 1 fully saturated rings. The van der Waals surface area contributed by atoms with E-state index in [2.05, 4.69) is 10.6 Å². The van der Waals surface area contributed by atoms with Gasteiger partial charge in [-0.3, -0.25) is 4.79 Å². The molecule has 76 valence electrons. The zero-order valence-corrected chi connectivity index (χ0v) is 8.19. The second-order valence-electron chi connectivity index (χ2n) is 4.13. The monoisotopic (exact) mass is 188 g/mol. The van der Waals surface area contributed by atoms with E-state index in [1.807, 2.05) is 13.8 Å². The third kappa shape index (κ3) is 3.30. The van der Waals surface area contributed by atoms with Crippen molar-refractivity contribution in [3.63, 3.8) is 0 Å². The topological polar surface area (TPSA) is 41.1 Å². The average Bonchev–Trinajstić information content (AvgIpc) is 1.96. The molecule has 3 nitrogen and oxygen atoms in total. The first-order chi connectivity index (χ1) is 6.02. The summed E-state index contributed by atoms with van der Waals surface area (Å²) in [6.07, 6.45) is 0.476. The van der Waals surface area contributed by atoms with Crippen molar-refractivity contribution < 1.29 is 9.18 Å². The summed E-state index contributed by atoms with van der Waals surface area (Å²) < 4.78 is 13.3. The van der Waals surface area contributed by atoms with Crippen LogP contribution < -0.4 is 10.6 Å². The lowest BCUT2D eigenvalue weighted by molar-refractivity contribution is -0.122. The summed E-state index contributed by atoms with van der Waals surface area (Å²) in [5, 5.41) is 5.44. The normalized spacial score (nSPS) is 19.7. The molecule has 0 aliphatic carbocycles. The zero-order chi connectivity index (χ0) is 9.90. The molecule has 0 spiro atoms. The molecule has 1 saturated heterocycles. The van der Waals surface area contributed by atoms with Gasteiger partial charge >= 0.3 is 0 Å². The molecule has 13 heavy (non-hydrogen) atoms. The minimum atomic E-state index is -1.20. The fourth-order valence-corrected chi connectivity index (χ4v) is 1.22. The maximum atomic E-state index is 13.3. The van der Waals surface area contributed by atoms with E-state index in [0.717, 1.165) is 0 Å². The summed E-state index contributed by atoms with van der Waals surface area (Å²) >= 11 is 0.